The van der Waals surface area contributed by atoms with Crippen molar-refractivity contribution >= 4 is 23.3 Å². The zero-order valence-corrected chi connectivity index (χ0v) is 19.7. The Morgan fingerprint density at radius 2 is 1.71 bits per heavy atom. The predicted molar refractivity (Wildman–Crippen MR) is 133 cm³/mol. The first-order chi connectivity index (χ1) is 16.8. The number of ether oxygens (including phenoxy) is 1. The van der Waals surface area contributed by atoms with Gasteiger partial charge < -0.3 is 20.7 Å². The van der Waals surface area contributed by atoms with Crippen LogP contribution in [0.15, 0.2) is 70.3 Å². The molecule has 1 heterocycles. The molecule has 3 aromatic rings. The highest BCUT2D eigenvalue weighted by atomic mass is 16.5. The summed E-state index contributed by atoms with van der Waals surface area (Å²) in [7, 11) is 1.47. The SMILES string of the molecule is COCCN(C(=O)CC(NC(C)=O)c1ccccc1)c1c(N)n(Cc2ccccc2)c(=O)[nH]c1=O. The minimum absolute atomic E-state index is 0.0216. The maximum absolute atomic E-state index is 13.5. The van der Waals surface area contributed by atoms with E-state index in [0.29, 0.717) is 0 Å². The van der Waals surface area contributed by atoms with Crippen LogP contribution in [-0.4, -0.2) is 41.6 Å². The van der Waals surface area contributed by atoms with Crippen molar-refractivity contribution in [3.05, 3.63) is 92.6 Å². The van der Waals surface area contributed by atoms with Crippen molar-refractivity contribution in [3.63, 3.8) is 0 Å². The lowest BCUT2D eigenvalue weighted by Crippen LogP contribution is -2.44. The molecule has 10 heteroatoms. The number of nitrogen functional groups attached to an aromatic ring is 1. The first kappa shape index (κ1) is 25.4. The molecular formula is C25H29N5O5. The number of nitrogens with zero attached hydrogens (tertiary/aromatic N) is 2. The number of benzene rings is 2. The van der Waals surface area contributed by atoms with Gasteiger partial charge in [-0.3, -0.25) is 23.9 Å². The van der Waals surface area contributed by atoms with Crippen LogP contribution in [0, 0.1) is 0 Å². The van der Waals surface area contributed by atoms with Gasteiger partial charge in [-0.15, -0.1) is 0 Å². The molecule has 0 saturated heterocycles. The molecule has 3 rings (SSSR count). The Hall–Kier alpha value is -4.18. The zero-order chi connectivity index (χ0) is 25.4. The first-order valence-corrected chi connectivity index (χ1v) is 11.1. The number of carbonyl (C=O) groups is 2. The van der Waals surface area contributed by atoms with Gasteiger partial charge in [-0.25, -0.2) is 4.79 Å². The monoisotopic (exact) mass is 479 g/mol. The summed E-state index contributed by atoms with van der Waals surface area (Å²) in [5.74, 6) is -0.904. The van der Waals surface area contributed by atoms with Crippen LogP contribution in [0.3, 0.4) is 0 Å². The van der Waals surface area contributed by atoms with E-state index in [1.54, 1.807) is 24.3 Å². The molecule has 0 aliphatic heterocycles. The highest BCUT2D eigenvalue weighted by Crippen LogP contribution is 2.23. The number of anilines is 2. The van der Waals surface area contributed by atoms with E-state index in [9.17, 15) is 19.2 Å². The summed E-state index contributed by atoms with van der Waals surface area (Å²) in [5.41, 5.74) is 6.23. The van der Waals surface area contributed by atoms with Crippen LogP contribution in [0.1, 0.15) is 30.5 Å². The Balaban J connectivity index is 2.01. The van der Waals surface area contributed by atoms with Gasteiger partial charge >= 0.3 is 5.69 Å². The average Bonchev–Trinajstić information content (AvgIpc) is 2.84. The summed E-state index contributed by atoms with van der Waals surface area (Å²) in [5, 5.41) is 2.78. The third-order valence-corrected chi connectivity index (χ3v) is 5.45. The second-order valence-electron chi connectivity index (χ2n) is 7.97. The summed E-state index contributed by atoms with van der Waals surface area (Å²) in [6.07, 6.45) is -0.135. The van der Waals surface area contributed by atoms with Crippen molar-refractivity contribution in [2.45, 2.75) is 25.9 Å². The van der Waals surface area contributed by atoms with Gasteiger partial charge in [0.15, 0.2) is 5.69 Å². The molecule has 0 spiro atoms. The largest absolute Gasteiger partial charge is 0.383 e. The van der Waals surface area contributed by atoms with Gasteiger partial charge in [0.25, 0.3) is 5.56 Å². The van der Waals surface area contributed by atoms with E-state index in [2.05, 4.69) is 10.3 Å². The minimum Gasteiger partial charge on any atom is -0.383 e. The summed E-state index contributed by atoms with van der Waals surface area (Å²) >= 11 is 0. The van der Waals surface area contributed by atoms with E-state index >= 15 is 0 Å². The number of aromatic amines is 1. The summed E-state index contributed by atoms with van der Waals surface area (Å²) < 4.78 is 6.35. The second-order valence-corrected chi connectivity index (χ2v) is 7.97. The van der Waals surface area contributed by atoms with Gasteiger partial charge in [0, 0.05) is 20.6 Å². The smallest absolute Gasteiger partial charge is 0.330 e. The predicted octanol–water partition coefficient (Wildman–Crippen LogP) is 1.41. The van der Waals surface area contributed by atoms with Gasteiger partial charge in [0.05, 0.1) is 25.6 Å². The molecule has 0 radical (unpaired) electrons. The van der Waals surface area contributed by atoms with Gasteiger partial charge in [-0.2, -0.15) is 0 Å². The van der Waals surface area contributed by atoms with Gasteiger partial charge in [-0.05, 0) is 11.1 Å². The number of nitrogens with one attached hydrogen (secondary N) is 2. The molecule has 0 aliphatic rings. The Bertz CT molecular complexity index is 1270. The maximum Gasteiger partial charge on any atom is 0.330 e. The normalized spacial score (nSPS) is 11.6. The summed E-state index contributed by atoms with van der Waals surface area (Å²) in [6, 6.07) is 17.6. The molecule has 2 amide bonds. The van der Waals surface area contributed by atoms with Crippen molar-refractivity contribution in [1.29, 1.82) is 0 Å². The van der Waals surface area contributed by atoms with E-state index in [1.165, 1.54) is 23.5 Å². The third kappa shape index (κ3) is 6.45. The highest BCUT2D eigenvalue weighted by molar-refractivity contribution is 5.96. The molecule has 0 aliphatic carbocycles. The van der Waals surface area contributed by atoms with Gasteiger partial charge in [-0.1, -0.05) is 60.7 Å². The van der Waals surface area contributed by atoms with Gasteiger partial charge in [0.2, 0.25) is 11.8 Å². The maximum atomic E-state index is 13.5. The number of rotatable bonds is 10. The number of aromatic nitrogens is 2. The highest BCUT2D eigenvalue weighted by Gasteiger charge is 2.27. The first-order valence-electron chi connectivity index (χ1n) is 11.1. The molecular weight excluding hydrogens is 450 g/mol. The molecule has 10 nitrogen and oxygen atoms in total. The second kappa shape index (κ2) is 11.8. The topological polar surface area (TPSA) is 140 Å². The van der Waals surface area contributed by atoms with Crippen LogP contribution in [0.4, 0.5) is 11.5 Å². The van der Waals surface area contributed by atoms with E-state index in [0.717, 1.165) is 11.1 Å². The fourth-order valence-corrected chi connectivity index (χ4v) is 3.77. The summed E-state index contributed by atoms with van der Waals surface area (Å²) in [4.78, 5) is 54.2. The van der Waals surface area contributed by atoms with Crippen LogP contribution in [0.25, 0.3) is 0 Å². The number of hydrogen-bond acceptors (Lipinski definition) is 6. The average molecular weight is 480 g/mol. The molecule has 0 saturated carbocycles. The lowest BCUT2D eigenvalue weighted by molar-refractivity contribution is -0.121. The van der Waals surface area contributed by atoms with Crippen LogP contribution in [-0.2, 0) is 20.9 Å². The summed E-state index contributed by atoms with van der Waals surface area (Å²) in [6.45, 7) is 1.62. The molecule has 4 N–H and O–H groups in total. The number of H-pyrrole nitrogens is 1. The fraction of sp³-hybridized carbons (Fsp3) is 0.280. The molecule has 1 aromatic heterocycles. The zero-order valence-electron chi connectivity index (χ0n) is 19.7. The quantitative estimate of drug-likeness (QED) is 0.402. The molecule has 35 heavy (non-hydrogen) atoms. The molecule has 1 atom stereocenters. The van der Waals surface area contributed by atoms with Crippen molar-refractivity contribution in [1.82, 2.24) is 14.9 Å². The van der Waals surface area contributed by atoms with E-state index in [1.807, 2.05) is 36.4 Å². The number of nitrogens with two attached hydrogens (primary N) is 1. The lowest BCUT2D eigenvalue weighted by atomic mass is 10.0. The van der Waals surface area contributed by atoms with E-state index in [4.69, 9.17) is 10.5 Å². The number of carbonyl (C=O) groups excluding carboxylic acids is 2. The van der Waals surface area contributed by atoms with Crippen LogP contribution in [0.2, 0.25) is 0 Å². The molecule has 0 bridgehead atoms. The van der Waals surface area contributed by atoms with E-state index < -0.39 is 23.2 Å². The third-order valence-electron chi connectivity index (χ3n) is 5.45. The molecule has 1 unspecified atom stereocenters. The van der Waals surface area contributed by atoms with Crippen LogP contribution < -0.4 is 27.2 Å². The Labute approximate surface area is 202 Å². The fourth-order valence-electron chi connectivity index (χ4n) is 3.77. The standard InChI is InChI=1S/C25H29N5O5/c1-17(31)27-20(19-11-7-4-8-12-19)15-21(32)29(13-14-35-2)22-23(26)30(25(34)28-24(22)33)16-18-9-5-3-6-10-18/h3-12,20H,13-16,26H2,1-2H3,(H,27,31)(H,28,33,34). The Morgan fingerprint density at radius 1 is 1.09 bits per heavy atom. The number of methoxy groups -OCH3 is 1. The Kier molecular flexibility index (Phi) is 8.58. The lowest BCUT2D eigenvalue weighted by Gasteiger charge is -2.27. The van der Waals surface area contributed by atoms with Crippen molar-refractivity contribution < 1.29 is 14.3 Å². The van der Waals surface area contributed by atoms with Crippen molar-refractivity contribution in [3.8, 4) is 0 Å². The number of hydrogen-bond donors (Lipinski definition) is 3. The van der Waals surface area contributed by atoms with Gasteiger partial charge in [0.1, 0.15) is 5.82 Å². The van der Waals surface area contributed by atoms with Crippen LogP contribution in [0.5, 0.6) is 0 Å². The molecule has 2 aromatic carbocycles. The van der Waals surface area contributed by atoms with Crippen LogP contribution >= 0.6 is 0 Å². The number of amides is 2. The minimum atomic E-state index is -0.781. The van der Waals surface area contributed by atoms with Crippen molar-refractivity contribution in [2.24, 2.45) is 0 Å². The van der Waals surface area contributed by atoms with E-state index in [-0.39, 0.29) is 43.5 Å². The Morgan fingerprint density at radius 3 is 2.31 bits per heavy atom. The molecule has 0 fully saturated rings. The molecule has 184 valence electrons. The van der Waals surface area contributed by atoms with Crippen molar-refractivity contribution in [2.75, 3.05) is 30.9 Å².